The van der Waals surface area contributed by atoms with Crippen LogP contribution < -0.4 is 5.32 Å². The molecule has 2 aromatic rings. The summed E-state index contributed by atoms with van der Waals surface area (Å²) in [4.78, 5) is 16.3. The summed E-state index contributed by atoms with van der Waals surface area (Å²) in [6, 6.07) is 2.14. The third-order valence-electron chi connectivity index (χ3n) is 3.38. The maximum absolute atomic E-state index is 11.9. The summed E-state index contributed by atoms with van der Waals surface area (Å²) in [5.41, 5.74) is 1.92. The lowest BCUT2D eigenvalue weighted by molar-refractivity contribution is -0.119. The lowest BCUT2D eigenvalue weighted by Gasteiger charge is -2.16. The molecule has 0 aromatic carbocycles. The number of aromatic nitrogens is 4. The van der Waals surface area contributed by atoms with Gasteiger partial charge in [0.15, 0.2) is 5.16 Å². The van der Waals surface area contributed by atoms with E-state index in [9.17, 15) is 4.79 Å². The summed E-state index contributed by atoms with van der Waals surface area (Å²) < 4.78 is 1.87. The number of fused-ring (bicyclic) bond motifs is 1. The van der Waals surface area contributed by atoms with Crippen LogP contribution in [0.3, 0.4) is 0 Å². The van der Waals surface area contributed by atoms with Gasteiger partial charge in [-0.1, -0.05) is 25.6 Å². The van der Waals surface area contributed by atoms with Gasteiger partial charge in [0, 0.05) is 17.4 Å². The van der Waals surface area contributed by atoms with Crippen molar-refractivity contribution in [3.8, 4) is 0 Å². The molecule has 2 heterocycles. The second-order valence-corrected chi connectivity index (χ2v) is 6.49. The Hall–Kier alpha value is -1.63. The van der Waals surface area contributed by atoms with Gasteiger partial charge in [-0.15, -0.1) is 10.2 Å². The second-order valence-electron chi connectivity index (χ2n) is 5.55. The monoisotopic (exact) mass is 307 g/mol. The average Bonchev–Trinajstić information content (AvgIpc) is 2.79. The van der Waals surface area contributed by atoms with Crippen molar-refractivity contribution in [2.24, 2.45) is 5.92 Å². The largest absolute Gasteiger partial charge is 0.353 e. The number of nitrogens with zero attached hydrogens (tertiary/aromatic N) is 4. The lowest BCUT2D eigenvalue weighted by Crippen LogP contribution is -2.37. The lowest BCUT2D eigenvalue weighted by atomic mass is 10.1. The first-order valence-electron chi connectivity index (χ1n) is 7.00. The van der Waals surface area contributed by atoms with Crippen LogP contribution >= 0.6 is 11.8 Å². The Balaban J connectivity index is 2.06. The zero-order valence-corrected chi connectivity index (χ0v) is 13.9. The molecule has 0 bridgehead atoms. The van der Waals surface area contributed by atoms with Crippen molar-refractivity contribution in [2.45, 2.75) is 45.8 Å². The molecule has 0 unspecified atom stereocenters. The molecule has 7 heteroatoms. The Morgan fingerprint density at radius 3 is 2.71 bits per heavy atom. The Bertz CT molecular complexity index is 652. The summed E-state index contributed by atoms with van der Waals surface area (Å²) in [6.45, 7) is 10.1. The summed E-state index contributed by atoms with van der Waals surface area (Å²) in [6.07, 6.45) is 0. The van der Waals surface area contributed by atoms with Crippen molar-refractivity contribution in [1.82, 2.24) is 24.9 Å². The van der Waals surface area contributed by atoms with E-state index < -0.39 is 0 Å². The van der Waals surface area contributed by atoms with Crippen molar-refractivity contribution >= 4 is 23.4 Å². The van der Waals surface area contributed by atoms with Crippen LogP contribution in [-0.4, -0.2) is 37.3 Å². The van der Waals surface area contributed by atoms with Gasteiger partial charge in [0.25, 0.3) is 5.78 Å². The molecule has 21 heavy (non-hydrogen) atoms. The van der Waals surface area contributed by atoms with Crippen LogP contribution in [0.4, 0.5) is 0 Å². The molecule has 0 aliphatic heterocycles. The van der Waals surface area contributed by atoms with Crippen molar-refractivity contribution in [3.63, 3.8) is 0 Å². The van der Waals surface area contributed by atoms with Crippen LogP contribution in [-0.2, 0) is 4.79 Å². The molecule has 0 saturated carbocycles. The third kappa shape index (κ3) is 3.72. The molecular weight excluding hydrogens is 286 g/mol. The van der Waals surface area contributed by atoms with Gasteiger partial charge in [0.1, 0.15) is 0 Å². The Kier molecular flexibility index (Phi) is 4.82. The molecule has 0 spiro atoms. The number of rotatable bonds is 5. The van der Waals surface area contributed by atoms with Crippen LogP contribution in [0.25, 0.3) is 5.78 Å². The van der Waals surface area contributed by atoms with Crippen molar-refractivity contribution in [3.05, 3.63) is 17.5 Å². The fourth-order valence-electron chi connectivity index (χ4n) is 1.89. The molecule has 0 aliphatic rings. The van der Waals surface area contributed by atoms with Gasteiger partial charge in [0.05, 0.1) is 5.75 Å². The number of nitrogens with one attached hydrogen (secondary N) is 1. The normalized spacial score (nSPS) is 12.9. The van der Waals surface area contributed by atoms with E-state index in [0.717, 1.165) is 11.4 Å². The molecule has 1 amide bonds. The second kappa shape index (κ2) is 6.43. The van der Waals surface area contributed by atoms with Crippen LogP contribution in [0.1, 0.15) is 32.2 Å². The number of thioether (sulfide) groups is 1. The molecule has 0 radical (unpaired) electrons. The number of carbonyl (C=O) groups is 1. The van der Waals surface area contributed by atoms with Gasteiger partial charge in [-0.3, -0.25) is 9.20 Å². The Morgan fingerprint density at radius 1 is 1.33 bits per heavy atom. The number of hydrogen-bond acceptors (Lipinski definition) is 5. The van der Waals surface area contributed by atoms with E-state index in [2.05, 4.69) is 34.3 Å². The SMILES string of the molecule is Cc1cc(C)n2c(SCC(=O)N[C@H](C)C(C)C)nnc2n1. The van der Waals surface area contributed by atoms with Crippen molar-refractivity contribution in [2.75, 3.05) is 5.75 Å². The van der Waals surface area contributed by atoms with Crippen LogP contribution in [0.5, 0.6) is 0 Å². The van der Waals surface area contributed by atoms with E-state index in [0.29, 0.717) is 22.6 Å². The van der Waals surface area contributed by atoms with Gasteiger partial charge in [-0.2, -0.15) is 0 Å². The standard InChI is InChI=1S/C14H21N5OS/c1-8(2)11(5)16-12(20)7-21-14-18-17-13-15-9(3)6-10(4)19(13)14/h6,8,11H,7H2,1-5H3,(H,16,20)/t11-/m1/s1. The van der Waals surface area contributed by atoms with Gasteiger partial charge in [-0.05, 0) is 32.8 Å². The maximum Gasteiger partial charge on any atom is 0.256 e. The quantitative estimate of drug-likeness (QED) is 0.855. The minimum Gasteiger partial charge on any atom is -0.353 e. The summed E-state index contributed by atoms with van der Waals surface area (Å²) in [5.74, 6) is 1.33. The van der Waals surface area contributed by atoms with Crippen LogP contribution in [0.15, 0.2) is 11.2 Å². The minimum absolute atomic E-state index is 0.00988. The smallest absolute Gasteiger partial charge is 0.256 e. The molecule has 6 nitrogen and oxygen atoms in total. The molecule has 2 rings (SSSR count). The van der Waals surface area contributed by atoms with E-state index in [1.807, 2.05) is 31.2 Å². The molecule has 2 aromatic heterocycles. The predicted molar refractivity (Wildman–Crippen MR) is 83.4 cm³/mol. The Morgan fingerprint density at radius 2 is 2.05 bits per heavy atom. The topological polar surface area (TPSA) is 72.2 Å². The van der Waals surface area contributed by atoms with E-state index >= 15 is 0 Å². The van der Waals surface area contributed by atoms with E-state index in [4.69, 9.17) is 0 Å². The zero-order chi connectivity index (χ0) is 15.6. The van der Waals surface area contributed by atoms with E-state index in [1.165, 1.54) is 11.8 Å². The molecule has 0 saturated heterocycles. The Labute approximate surface area is 128 Å². The fraction of sp³-hybridized carbons (Fsp3) is 0.571. The van der Waals surface area contributed by atoms with Crippen LogP contribution in [0, 0.1) is 19.8 Å². The zero-order valence-electron chi connectivity index (χ0n) is 13.0. The van der Waals surface area contributed by atoms with Gasteiger partial charge in [-0.25, -0.2) is 4.98 Å². The summed E-state index contributed by atoms with van der Waals surface area (Å²) in [7, 11) is 0. The van der Waals surface area contributed by atoms with Gasteiger partial charge < -0.3 is 5.32 Å². The molecule has 114 valence electrons. The first-order valence-corrected chi connectivity index (χ1v) is 7.98. The number of amides is 1. The fourth-order valence-corrected chi connectivity index (χ4v) is 2.68. The first kappa shape index (κ1) is 15.8. The summed E-state index contributed by atoms with van der Waals surface area (Å²) >= 11 is 1.38. The third-order valence-corrected chi connectivity index (χ3v) is 4.31. The number of carbonyl (C=O) groups excluding carboxylic acids is 1. The molecular formula is C14H21N5OS. The molecule has 1 N–H and O–H groups in total. The van der Waals surface area contributed by atoms with E-state index in [-0.39, 0.29) is 11.9 Å². The highest BCUT2D eigenvalue weighted by atomic mass is 32.2. The maximum atomic E-state index is 11.9. The highest BCUT2D eigenvalue weighted by molar-refractivity contribution is 7.99. The van der Waals surface area contributed by atoms with Gasteiger partial charge >= 0.3 is 0 Å². The van der Waals surface area contributed by atoms with Crippen molar-refractivity contribution in [1.29, 1.82) is 0 Å². The minimum atomic E-state index is 0.00988. The van der Waals surface area contributed by atoms with Gasteiger partial charge in [0.2, 0.25) is 5.91 Å². The summed E-state index contributed by atoms with van der Waals surface area (Å²) in [5, 5.41) is 11.9. The highest BCUT2D eigenvalue weighted by Crippen LogP contribution is 2.18. The average molecular weight is 307 g/mol. The van der Waals surface area contributed by atoms with E-state index in [1.54, 1.807) is 0 Å². The molecule has 0 aliphatic carbocycles. The number of aryl methyl sites for hydroxylation is 2. The van der Waals surface area contributed by atoms with Crippen LogP contribution in [0.2, 0.25) is 0 Å². The highest BCUT2D eigenvalue weighted by Gasteiger charge is 2.14. The first-order chi connectivity index (χ1) is 9.88. The predicted octanol–water partition coefficient (Wildman–Crippen LogP) is 1.99. The van der Waals surface area contributed by atoms with Crippen molar-refractivity contribution < 1.29 is 4.79 Å². The number of hydrogen-bond donors (Lipinski definition) is 1. The molecule has 0 fully saturated rings. The molecule has 1 atom stereocenters.